The molecular weight excluding hydrogens is 318 g/mol. The highest BCUT2D eigenvalue weighted by Gasteiger charge is 2.34. The third kappa shape index (κ3) is 4.00. The number of fused-ring (bicyclic) bond motifs is 1. The van der Waals surface area contributed by atoms with Crippen LogP contribution in [0.1, 0.15) is 75.0 Å². The lowest BCUT2D eigenvalue weighted by Crippen LogP contribution is -2.26. The van der Waals surface area contributed by atoms with Crippen LogP contribution >= 0.6 is 0 Å². The molecule has 1 aliphatic heterocycles. The molecule has 0 spiro atoms. The first kappa shape index (κ1) is 18.7. The largest absolute Gasteiger partial charge is 0.464 e. The second-order valence-electron chi connectivity index (χ2n) is 9.41. The number of nitrogens with zero attached hydrogens (tertiary/aromatic N) is 1. The fraction of sp³-hybridized carbons (Fsp3) is 0.458. The normalized spacial score (nSPS) is 18.7. The van der Waals surface area contributed by atoms with Gasteiger partial charge in [-0.05, 0) is 56.7 Å². The van der Waals surface area contributed by atoms with Gasteiger partial charge in [-0.2, -0.15) is 0 Å². The van der Waals surface area contributed by atoms with Crippen molar-refractivity contribution in [1.29, 1.82) is 0 Å². The van der Waals surface area contributed by atoms with Crippen molar-refractivity contribution in [1.82, 2.24) is 0 Å². The Morgan fingerprint density at radius 2 is 1.62 bits per heavy atom. The van der Waals surface area contributed by atoms with Crippen molar-refractivity contribution in [3.63, 3.8) is 0 Å². The summed E-state index contributed by atoms with van der Waals surface area (Å²) in [5.41, 5.74) is 6.15. The van der Waals surface area contributed by atoms with E-state index in [1.165, 1.54) is 22.3 Å². The minimum atomic E-state index is -0.169. The Kier molecular flexibility index (Phi) is 4.72. The Morgan fingerprint density at radius 3 is 2.27 bits per heavy atom. The SMILES string of the molecule is Cc1ccc(C2OC(=NC(C)(C)CC(C)(C)C)c3ccccc32)c(C)c1. The Hall–Kier alpha value is -2.09. The lowest BCUT2D eigenvalue weighted by Gasteiger charge is -2.29. The highest BCUT2D eigenvalue weighted by atomic mass is 16.5. The Bertz CT molecular complexity index is 840. The third-order valence-corrected chi connectivity index (χ3v) is 4.78. The van der Waals surface area contributed by atoms with Gasteiger partial charge in [0, 0.05) is 11.1 Å². The lowest BCUT2D eigenvalue weighted by atomic mass is 9.82. The van der Waals surface area contributed by atoms with Gasteiger partial charge in [0.25, 0.3) is 0 Å². The molecule has 26 heavy (non-hydrogen) atoms. The van der Waals surface area contributed by atoms with Crippen LogP contribution in [0, 0.1) is 19.3 Å². The van der Waals surface area contributed by atoms with Crippen LogP contribution in [-0.2, 0) is 4.74 Å². The molecule has 0 amide bonds. The predicted molar refractivity (Wildman–Crippen MR) is 110 cm³/mol. The topological polar surface area (TPSA) is 21.6 Å². The lowest BCUT2D eigenvalue weighted by molar-refractivity contribution is 0.239. The molecule has 0 N–H and O–H groups in total. The molecule has 1 heterocycles. The van der Waals surface area contributed by atoms with Crippen molar-refractivity contribution < 1.29 is 4.74 Å². The second-order valence-corrected chi connectivity index (χ2v) is 9.41. The molecule has 0 aromatic heterocycles. The van der Waals surface area contributed by atoms with Crippen LogP contribution in [0.15, 0.2) is 47.5 Å². The molecule has 1 unspecified atom stereocenters. The summed E-state index contributed by atoms with van der Waals surface area (Å²) in [7, 11) is 0. The maximum Gasteiger partial charge on any atom is 0.218 e. The molecule has 2 aromatic rings. The van der Waals surface area contributed by atoms with Crippen LogP contribution < -0.4 is 0 Å². The zero-order chi connectivity index (χ0) is 19.1. The number of aryl methyl sites for hydroxylation is 2. The summed E-state index contributed by atoms with van der Waals surface area (Å²) in [6.45, 7) is 15.5. The van der Waals surface area contributed by atoms with Crippen LogP contribution in [0.3, 0.4) is 0 Å². The molecule has 138 valence electrons. The maximum absolute atomic E-state index is 6.44. The molecule has 0 bridgehead atoms. The minimum absolute atomic E-state index is 0.0732. The van der Waals surface area contributed by atoms with Crippen LogP contribution in [-0.4, -0.2) is 11.4 Å². The number of ether oxygens (including phenoxy) is 1. The molecular formula is C24H31NO. The van der Waals surface area contributed by atoms with E-state index in [4.69, 9.17) is 9.73 Å². The number of aliphatic imine (C=N–C) groups is 1. The average Bonchev–Trinajstić information content (AvgIpc) is 2.83. The van der Waals surface area contributed by atoms with E-state index >= 15 is 0 Å². The third-order valence-electron chi connectivity index (χ3n) is 4.78. The van der Waals surface area contributed by atoms with Gasteiger partial charge in [0.2, 0.25) is 5.90 Å². The average molecular weight is 350 g/mol. The van der Waals surface area contributed by atoms with E-state index in [0.29, 0.717) is 0 Å². The summed E-state index contributed by atoms with van der Waals surface area (Å²) in [4.78, 5) is 5.05. The molecule has 0 fully saturated rings. The van der Waals surface area contributed by atoms with Gasteiger partial charge in [-0.1, -0.05) is 62.7 Å². The van der Waals surface area contributed by atoms with Gasteiger partial charge < -0.3 is 4.74 Å². The van der Waals surface area contributed by atoms with Gasteiger partial charge in [0.05, 0.1) is 5.54 Å². The van der Waals surface area contributed by atoms with Crippen LogP contribution in [0.4, 0.5) is 0 Å². The van der Waals surface area contributed by atoms with Crippen LogP contribution in [0.2, 0.25) is 0 Å². The predicted octanol–water partition coefficient (Wildman–Crippen LogP) is 6.38. The molecule has 0 aliphatic carbocycles. The molecule has 1 atom stereocenters. The highest BCUT2D eigenvalue weighted by molar-refractivity contribution is 5.99. The molecule has 2 aromatic carbocycles. The molecule has 3 rings (SSSR count). The van der Waals surface area contributed by atoms with E-state index in [2.05, 4.69) is 90.9 Å². The summed E-state index contributed by atoms with van der Waals surface area (Å²) < 4.78 is 6.44. The molecule has 2 nitrogen and oxygen atoms in total. The van der Waals surface area contributed by atoms with E-state index in [0.717, 1.165) is 17.9 Å². The smallest absolute Gasteiger partial charge is 0.218 e. The molecule has 0 saturated carbocycles. The van der Waals surface area contributed by atoms with Crippen LogP contribution in [0.25, 0.3) is 0 Å². The van der Waals surface area contributed by atoms with Gasteiger partial charge in [-0.25, -0.2) is 4.99 Å². The zero-order valence-electron chi connectivity index (χ0n) is 17.2. The van der Waals surface area contributed by atoms with E-state index in [1.54, 1.807) is 0 Å². The summed E-state index contributed by atoms with van der Waals surface area (Å²) in [6, 6.07) is 15.0. The van der Waals surface area contributed by atoms with Gasteiger partial charge in [0.15, 0.2) is 6.10 Å². The van der Waals surface area contributed by atoms with Gasteiger partial charge in [-0.3, -0.25) is 0 Å². The first-order valence-corrected chi connectivity index (χ1v) is 9.49. The summed E-state index contributed by atoms with van der Waals surface area (Å²) >= 11 is 0. The number of rotatable bonds is 3. The number of hydrogen-bond acceptors (Lipinski definition) is 2. The Morgan fingerprint density at radius 1 is 0.923 bits per heavy atom. The molecule has 1 aliphatic rings. The number of hydrogen-bond donors (Lipinski definition) is 0. The first-order valence-electron chi connectivity index (χ1n) is 9.49. The maximum atomic E-state index is 6.44. The van der Waals surface area contributed by atoms with Crippen molar-refractivity contribution in [2.75, 3.05) is 0 Å². The molecule has 0 radical (unpaired) electrons. The fourth-order valence-corrected chi connectivity index (χ4v) is 4.21. The summed E-state index contributed by atoms with van der Waals surface area (Å²) in [6.07, 6.45) is 0.930. The zero-order valence-corrected chi connectivity index (χ0v) is 17.2. The Balaban J connectivity index is 2.02. The monoisotopic (exact) mass is 349 g/mol. The van der Waals surface area contributed by atoms with Crippen molar-refractivity contribution in [2.24, 2.45) is 10.4 Å². The Labute approximate surface area is 158 Å². The van der Waals surface area contributed by atoms with Crippen molar-refractivity contribution in [2.45, 2.75) is 66.5 Å². The van der Waals surface area contributed by atoms with Crippen LogP contribution in [0.5, 0.6) is 0 Å². The van der Waals surface area contributed by atoms with E-state index < -0.39 is 0 Å². The minimum Gasteiger partial charge on any atom is -0.464 e. The van der Waals surface area contributed by atoms with Crippen molar-refractivity contribution in [3.05, 3.63) is 70.3 Å². The fourth-order valence-electron chi connectivity index (χ4n) is 4.21. The molecule has 2 heteroatoms. The van der Waals surface area contributed by atoms with E-state index in [-0.39, 0.29) is 17.1 Å². The van der Waals surface area contributed by atoms with E-state index in [9.17, 15) is 0 Å². The number of benzene rings is 2. The van der Waals surface area contributed by atoms with E-state index in [1.807, 2.05) is 0 Å². The second kappa shape index (κ2) is 6.57. The summed E-state index contributed by atoms with van der Waals surface area (Å²) in [5, 5.41) is 0. The molecule has 0 saturated heterocycles. The highest BCUT2D eigenvalue weighted by Crippen LogP contribution is 2.39. The quantitative estimate of drug-likeness (QED) is 0.629. The first-order chi connectivity index (χ1) is 12.1. The standard InChI is InChI=1S/C24H31NO/c1-16-12-13-18(17(2)14-16)21-19-10-8-9-11-20(19)22(26-21)25-24(6,7)15-23(3,4)5/h8-14,21H,15H2,1-7H3. The van der Waals surface area contributed by atoms with Gasteiger partial charge >= 0.3 is 0 Å². The van der Waals surface area contributed by atoms with Crippen molar-refractivity contribution >= 4 is 5.90 Å². The van der Waals surface area contributed by atoms with Gasteiger partial charge in [0.1, 0.15) is 0 Å². The van der Waals surface area contributed by atoms with Crippen molar-refractivity contribution in [3.8, 4) is 0 Å². The summed E-state index contributed by atoms with van der Waals surface area (Å²) in [5.74, 6) is 0.778. The van der Waals surface area contributed by atoms with Gasteiger partial charge in [-0.15, -0.1) is 0 Å².